The Morgan fingerprint density at radius 1 is 1.07 bits per heavy atom. The maximum atomic E-state index is 14.1. The number of hydrogen-bond acceptors (Lipinski definition) is 9. The Morgan fingerprint density at radius 2 is 1.82 bits per heavy atom. The van der Waals surface area contributed by atoms with Crippen molar-refractivity contribution in [3.05, 3.63) is 65.0 Å². The van der Waals surface area contributed by atoms with E-state index in [-0.39, 0.29) is 31.6 Å². The molecule has 0 bridgehead atoms. The van der Waals surface area contributed by atoms with E-state index in [0.717, 1.165) is 20.5 Å². The van der Waals surface area contributed by atoms with Crippen molar-refractivity contribution in [3.63, 3.8) is 0 Å². The lowest BCUT2D eigenvalue weighted by molar-refractivity contribution is -0.154. The fraction of sp³-hybridized carbons (Fsp3) is 0.406. The Labute approximate surface area is 264 Å². The monoisotopic (exact) mass is 634 g/mol. The first-order valence-electron chi connectivity index (χ1n) is 15.1. The van der Waals surface area contributed by atoms with Crippen molar-refractivity contribution in [2.75, 3.05) is 19.6 Å². The van der Waals surface area contributed by atoms with Gasteiger partial charge in [0.2, 0.25) is 29.5 Å². The molecule has 12 nitrogen and oxygen atoms in total. The number of fused-ring (bicyclic) bond motifs is 2. The zero-order valence-electron chi connectivity index (χ0n) is 24.8. The Bertz CT molecular complexity index is 1580. The quantitative estimate of drug-likeness (QED) is 0.240. The number of amides is 5. The van der Waals surface area contributed by atoms with E-state index in [9.17, 15) is 29.1 Å². The molecule has 7 N–H and O–H groups in total. The fourth-order valence-corrected chi connectivity index (χ4v) is 7.01. The summed E-state index contributed by atoms with van der Waals surface area (Å²) in [7, 11) is 0. The number of imide groups is 1. The normalized spacial score (nSPS) is 22.0. The van der Waals surface area contributed by atoms with E-state index in [1.807, 2.05) is 29.6 Å². The molecule has 0 unspecified atom stereocenters. The van der Waals surface area contributed by atoms with Crippen molar-refractivity contribution < 1.29 is 29.1 Å². The summed E-state index contributed by atoms with van der Waals surface area (Å²) >= 11 is 1.53. The maximum absolute atomic E-state index is 14.1. The topological polar surface area (TPSA) is 188 Å². The smallest absolute Gasteiger partial charge is 0.249 e. The van der Waals surface area contributed by atoms with Crippen LogP contribution in [0.4, 0.5) is 0 Å². The Hall–Kier alpha value is -4.33. The molecule has 0 spiro atoms. The second kappa shape index (κ2) is 14.2. The molecule has 5 rings (SSSR count). The molecule has 4 atom stereocenters. The Balaban J connectivity index is 1.50. The Morgan fingerprint density at radius 3 is 2.58 bits per heavy atom. The molecule has 0 aliphatic carbocycles. The van der Waals surface area contributed by atoms with Crippen LogP contribution in [0.3, 0.4) is 0 Å². The molecule has 2 fully saturated rings. The number of aromatic hydroxyl groups is 1. The number of nitrogens with zero attached hydrogens (tertiary/aromatic N) is 2. The van der Waals surface area contributed by atoms with Crippen LogP contribution >= 0.6 is 11.3 Å². The minimum absolute atomic E-state index is 0.0316. The van der Waals surface area contributed by atoms with Crippen LogP contribution < -0.4 is 22.1 Å². The summed E-state index contributed by atoms with van der Waals surface area (Å²) in [5.74, 6) is -3.12. The third kappa shape index (κ3) is 7.16. The van der Waals surface area contributed by atoms with E-state index in [2.05, 4.69) is 10.6 Å². The molecule has 0 saturated carbocycles. The van der Waals surface area contributed by atoms with Gasteiger partial charge in [-0.05, 0) is 78.7 Å². The molecular weight excluding hydrogens is 596 g/mol. The van der Waals surface area contributed by atoms with Crippen LogP contribution in [-0.4, -0.2) is 88.2 Å². The standard InChI is InChI=1S/C32H38N6O6S/c33-13-3-6-26-30(42)36-24(16-20-18-45-27-8-2-1-5-22(20)27)32(44)37-14-4-7-25(37)29(41)35-17-28(40)38(26)31(43)23(34)15-19-9-11-21(39)12-10-19/h1-2,5,8-12,18,23-26,39H,3-4,6-7,13-17,33-34H2,(H,35,41)(H,36,42)/t23-,24-,25+,26+/m0/s1. The number of carbonyl (C=O) groups excluding carboxylic acids is 5. The molecule has 45 heavy (non-hydrogen) atoms. The van der Waals surface area contributed by atoms with Gasteiger partial charge in [0.15, 0.2) is 0 Å². The van der Waals surface area contributed by atoms with Crippen LogP contribution in [-0.2, 0) is 36.8 Å². The van der Waals surface area contributed by atoms with Crippen molar-refractivity contribution in [1.29, 1.82) is 0 Å². The van der Waals surface area contributed by atoms with Gasteiger partial charge in [0.05, 0.1) is 12.6 Å². The van der Waals surface area contributed by atoms with Gasteiger partial charge in [0.1, 0.15) is 23.9 Å². The highest BCUT2D eigenvalue weighted by molar-refractivity contribution is 7.17. The summed E-state index contributed by atoms with van der Waals surface area (Å²) < 4.78 is 1.03. The summed E-state index contributed by atoms with van der Waals surface area (Å²) in [5, 5.41) is 18.0. The van der Waals surface area contributed by atoms with Crippen molar-refractivity contribution >= 4 is 51.0 Å². The van der Waals surface area contributed by atoms with Crippen LogP contribution in [0.15, 0.2) is 53.9 Å². The van der Waals surface area contributed by atoms with Gasteiger partial charge in [0.25, 0.3) is 0 Å². The predicted octanol–water partition coefficient (Wildman–Crippen LogP) is 0.788. The van der Waals surface area contributed by atoms with Crippen molar-refractivity contribution in [2.45, 2.75) is 62.7 Å². The largest absolute Gasteiger partial charge is 0.508 e. The predicted molar refractivity (Wildman–Crippen MR) is 169 cm³/mol. The second-order valence-corrected chi connectivity index (χ2v) is 12.4. The van der Waals surface area contributed by atoms with Crippen molar-refractivity contribution in [1.82, 2.24) is 20.4 Å². The summed E-state index contributed by atoms with van der Waals surface area (Å²) in [4.78, 5) is 71.3. The fourth-order valence-electron chi connectivity index (χ4n) is 6.04. The lowest BCUT2D eigenvalue weighted by Crippen LogP contribution is -2.63. The number of rotatable bonds is 8. The average molecular weight is 635 g/mol. The number of hydrogen-bond donors (Lipinski definition) is 5. The zero-order valence-corrected chi connectivity index (χ0v) is 25.6. The first-order valence-corrected chi connectivity index (χ1v) is 16.0. The van der Waals surface area contributed by atoms with Crippen LogP contribution in [0.1, 0.15) is 36.8 Å². The van der Waals surface area contributed by atoms with E-state index in [1.54, 1.807) is 12.1 Å². The molecule has 3 aromatic rings. The number of benzene rings is 2. The number of nitrogens with two attached hydrogens (primary N) is 2. The van der Waals surface area contributed by atoms with Crippen LogP contribution in [0.25, 0.3) is 10.1 Å². The molecule has 1 aromatic heterocycles. The molecule has 2 aliphatic heterocycles. The molecule has 3 heterocycles. The van der Waals surface area contributed by atoms with Gasteiger partial charge in [0, 0.05) is 17.7 Å². The van der Waals surface area contributed by atoms with E-state index in [4.69, 9.17) is 11.5 Å². The summed E-state index contributed by atoms with van der Waals surface area (Å²) in [6.45, 7) is -0.0181. The molecule has 238 valence electrons. The second-order valence-electron chi connectivity index (χ2n) is 11.5. The molecule has 5 amide bonds. The van der Waals surface area contributed by atoms with Crippen molar-refractivity contribution in [3.8, 4) is 5.75 Å². The third-order valence-electron chi connectivity index (χ3n) is 8.36. The molecule has 2 saturated heterocycles. The van der Waals surface area contributed by atoms with Crippen molar-refractivity contribution in [2.24, 2.45) is 11.5 Å². The number of thiophene rings is 1. The minimum Gasteiger partial charge on any atom is -0.508 e. The highest BCUT2D eigenvalue weighted by atomic mass is 32.1. The molecule has 13 heteroatoms. The number of carbonyl (C=O) groups is 5. The van der Waals surface area contributed by atoms with Gasteiger partial charge < -0.3 is 32.1 Å². The number of nitrogens with one attached hydrogen (secondary N) is 2. The van der Waals surface area contributed by atoms with E-state index in [0.29, 0.717) is 31.4 Å². The van der Waals surface area contributed by atoms with E-state index < -0.39 is 60.2 Å². The van der Waals surface area contributed by atoms with Gasteiger partial charge in [-0.15, -0.1) is 11.3 Å². The summed E-state index contributed by atoms with van der Waals surface area (Å²) in [6, 6.07) is 9.50. The molecule has 2 aromatic carbocycles. The summed E-state index contributed by atoms with van der Waals surface area (Å²) in [6.07, 6.45) is 1.53. The van der Waals surface area contributed by atoms with Gasteiger partial charge in [-0.1, -0.05) is 30.3 Å². The van der Waals surface area contributed by atoms with Gasteiger partial charge in [-0.2, -0.15) is 0 Å². The van der Waals surface area contributed by atoms with Crippen LogP contribution in [0.2, 0.25) is 0 Å². The first kappa shape index (κ1) is 32.1. The van der Waals surface area contributed by atoms with Gasteiger partial charge >= 0.3 is 0 Å². The van der Waals surface area contributed by atoms with Gasteiger partial charge in [-0.25, -0.2) is 0 Å². The average Bonchev–Trinajstić information content (AvgIpc) is 3.69. The van der Waals surface area contributed by atoms with Crippen LogP contribution in [0, 0.1) is 0 Å². The number of phenols is 1. The highest BCUT2D eigenvalue weighted by Gasteiger charge is 2.42. The lowest BCUT2D eigenvalue weighted by Gasteiger charge is -2.35. The SMILES string of the molecule is NCCC[C@@H]1C(=O)N[C@@H](Cc2csc3ccccc23)C(=O)N2CCC[C@@H]2C(=O)NCC(=O)N1C(=O)[C@@H](N)Cc1ccc(O)cc1. The summed E-state index contributed by atoms with van der Waals surface area (Å²) in [5.41, 5.74) is 13.6. The highest BCUT2D eigenvalue weighted by Crippen LogP contribution is 2.28. The van der Waals surface area contributed by atoms with E-state index >= 15 is 0 Å². The molecule has 0 radical (unpaired) electrons. The lowest BCUT2D eigenvalue weighted by atomic mass is 10.00. The molecular formula is C32H38N6O6S. The van der Waals surface area contributed by atoms with E-state index in [1.165, 1.54) is 28.4 Å². The first-order chi connectivity index (χ1) is 21.7. The zero-order chi connectivity index (χ0) is 32.1. The van der Waals surface area contributed by atoms with Crippen LogP contribution in [0.5, 0.6) is 5.75 Å². The molecule has 2 aliphatic rings. The third-order valence-corrected chi connectivity index (χ3v) is 9.38. The van der Waals surface area contributed by atoms with Gasteiger partial charge in [-0.3, -0.25) is 28.9 Å². The maximum Gasteiger partial charge on any atom is 0.249 e. The Kier molecular flexibility index (Phi) is 10.1. The number of phenolic OH excluding ortho intramolecular Hbond substituents is 1. The minimum atomic E-state index is -1.32.